The molecule has 0 spiro atoms. The van der Waals surface area contributed by atoms with Crippen molar-refractivity contribution in [2.24, 2.45) is 0 Å². The molecule has 0 saturated carbocycles. The van der Waals surface area contributed by atoms with Gasteiger partial charge < -0.3 is 13.9 Å². The van der Waals surface area contributed by atoms with Crippen molar-refractivity contribution >= 4 is 60.8 Å². The number of para-hydroxylation sites is 3. The third-order valence-corrected chi connectivity index (χ3v) is 11.2. The first-order valence-electron chi connectivity index (χ1n) is 19.4. The molecular weight excluding hydrogens is 693 g/mol. The second-order valence-corrected chi connectivity index (χ2v) is 14.6. The maximum absolute atomic E-state index is 6.23. The molecule has 0 saturated heterocycles. The molecule has 0 fully saturated rings. The molecular formula is C54H36N2O. The number of benzene rings is 9. The standard InChI is InChI=1S/C54H36N2O/c1-3-11-37(12-4-1)38-19-21-39(22-20-38)40-23-28-44(29-24-40)55(46-32-34-54-50(36-46)48-16-8-10-18-53(48)57-54)45-30-25-41(26-31-45)42-27-33-52-49(35-42)47-15-7-9-17-51(47)56(52)43-13-5-2-6-14-43/h1-36H. The highest BCUT2D eigenvalue weighted by Crippen LogP contribution is 2.41. The van der Waals surface area contributed by atoms with Gasteiger partial charge in [-0.2, -0.15) is 0 Å². The van der Waals surface area contributed by atoms with Crippen molar-refractivity contribution in [1.82, 2.24) is 4.57 Å². The van der Waals surface area contributed by atoms with E-state index in [4.69, 9.17) is 4.42 Å². The van der Waals surface area contributed by atoms with Crippen molar-refractivity contribution in [2.45, 2.75) is 0 Å². The third kappa shape index (κ3) is 5.76. The number of fused-ring (bicyclic) bond motifs is 6. The molecule has 11 aromatic rings. The molecule has 11 rings (SSSR count). The number of hydrogen-bond acceptors (Lipinski definition) is 2. The largest absolute Gasteiger partial charge is 0.456 e. The molecule has 0 aliphatic heterocycles. The summed E-state index contributed by atoms with van der Waals surface area (Å²) >= 11 is 0. The summed E-state index contributed by atoms with van der Waals surface area (Å²) in [5.41, 5.74) is 15.7. The number of furan rings is 1. The summed E-state index contributed by atoms with van der Waals surface area (Å²) in [4.78, 5) is 2.34. The van der Waals surface area contributed by atoms with E-state index >= 15 is 0 Å². The van der Waals surface area contributed by atoms with Gasteiger partial charge in [0, 0.05) is 44.3 Å². The summed E-state index contributed by atoms with van der Waals surface area (Å²) in [5.74, 6) is 0. The monoisotopic (exact) mass is 728 g/mol. The lowest BCUT2D eigenvalue weighted by Crippen LogP contribution is -2.09. The van der Waals surface area contributed by atoms with Gasteiger partial charge in [-0.15, -0.1) is 0 Å². The maximum atomic E-state index is 6.23. The lowest BCUT2D eigenvalue weighted by Gasteiger charge is -2.26. The Bertz CT molecular complexity index is 3200. The van der Waals surface area contributed by atoms with Gasteiger partial charge in [0.1, 0.15) is 11.2 Å². The van der Waals surface area contributed by atoms with Gasteiger partial charge in [-0.1, -0.05) is 140 Å². The van der Waals surface area contributed by atoms with E-state index in [2.05, 4.69) is 216 Å². The molecule has 2 aromatic heterocycles. The van der Waals surface area contributed by atoms with E-state index < -0.39 is 0 Å². The van der Waals surface area contributed by atoms with Crippen molar-refractivity contribution in [3.63, 3.8) is 0 Å². The Kier molecular flexibility index (Phi) is 7.82. The minimum Gasteiger partial charge on any atom is -0.456 e. The molecule has 3 nitrogen and oxygen atoms in total. The zero-order chi connectivity index (χ0) is 37.7. The van der Waals surface area contributed by atoms with Crippen LogP contribution < -0.4 is 4.90 Å². The fourth-order valence-corrected chi connectivity index (χ4v) is 8.40. The molecule has 0 bridgehead atoms. The average Bonchev–Trinajstić information content (AvgIpc) is 3.83. The Morgan fingerprint density at radius 2 is 0.772 bits per heavy atom. The first-order chi connectivity index (χ1) is 28.2. The van der Waals surface area contributed by atoms with Crippen LogP contribution >= 0.6 is 0 Å². The summed E-state index contributed by atoms with van der Waals surface area (Å²) in [6, 6.07) is 78.1. The maximum Gasteiger partial charge on any atom is 0.135 e. The van der Waals surface area contributed by atoms with Crippen molar-refractivity contribution in [3.8, 4) is 39.1 Å². The second-order valence-electron chi connectivity index (χ2n) is 14.6. The van der Waals surface area contributed by atoms with Crippen LogP contribution in [0.3, 0.4) is 0 Å². The van der Waals surface area contributed by atoms with Crippen LogP contribution in [0.15, 0.2) is 223 Å². The van der Waals surface area contributed by atoms with Crippen LogP contribution in [0.4, 0.5) is 17.1 Å². The highest BCUT2D eigenvalue weighted by molar-refractivity contribution is 6.10. The minimum atomic E-state index is 0.883. The lowest BCUT2D eigenvalue weighted by atomic mass is 10.00. The summed E-state index contributed by atoms with van der Waals surface area (Å²) in [7, 11) is 0. The van der Waals surface area contributed by atoms with E-state index in [1.165, 1.54) is 55.2 Å². The van der Waals surface area contributed by atoms with Crippen molar-refractivity contribution in [3.05, 3.63) is 218 Å². The van der Waals surface area contributed by atoms with Crippen LogP contribution in [-0.2, 0) is 0 Å². The second kappa shape index (κ2) is 13.6. The fourth-order valence-electron chi connectivity index (χ4n) is 8.40. The number of anilines is 3. The summed E-state index contributed by atoms with van der Waals surface area (Å²) in [6.45, 7) is 0. The molecule has 0 amide bonds. The van der Waals surface area contributed by atoms with Crippen LogP contribution in [0.2, 0.25) is 0 Å². The number of rotatable bonds is 7. The first-order valence-corrected chi connectivity index (χ1v) is 19.4. The van der Waals surface area contributed by atoms with Gasteiger partial charge in [-0.05, 0) is 112 Å². The van der Waals surface area contributed by atoms with Crippen LogP contribution in [0, 0.1) is 0 Å². The van der Waals surface area contributed by atoms with Crippen LogP contribution in [0.5, 0.6) is 0 Å². The highest BCUT2D eigenvalue weighted by Gasteiger charge is 2.17. The van der Waals surface area contributed by atoms with Crippen molar-refractivity contribution in [1.29, 1.82) is 0 Å². The van der Waals surface area contributed by atoms with E-state index in [-0.39, 0.29) is 0 Å². The Labute approximate surface area is 330 Å². The van der Waals surface area contributed by atoms with Crippen LogP contribution in [0.25, 0.3) is 82.8 Å². The molecule has 3 heteroatoms. The quantitative estimate of drug-likeness (QED) is 0.163. The van der Waals surface area contributed by atoms with Gasteiger partial charge >= 0.3 is 0 Å². The van der Waals surface area contributed by atoms with E-state index in [0.29, 0.717) is 0 Å². The van der Waals surface area contributed by atoms with Crippen LogP contribution in [0.1, 0.15) is 0 Å². The van der Waals surface area contributed by atoms with Gasteiger partial charge in [0.2, 0.25) is 0 Å². The third-order valence-electron chi connectivity index (χ3n) is 11.2. The van der Waals surface area contributed by atoms with E-state index in [9.17, 15) is 0 Å². The lowest BCUT2D eigenvalue weighted by molar-refractivity contribution is 0.669. The SMILES string of the molecule is c1ccc(-c2ccc(-c3ccc(N(c4ccc(-c5ccc6c(c5)c5ccccc5n6-c5ccccc5)cc4)c4ccc5oc6ccccc6c5c4)cc3)cc2)cc1. The topological polar surface area (TPSA) is 21.3 Å². The molecule has 0 radical (unpaired) electrons. The molecule has 2 heterocycles. The normalized spacial score (nSPS) is 11.5. The zero-order valence-corrected chi connectivity index (χ0v) is 31.1. The fraction of sp³-hybridized carbons (Fsp3) is 0. The number of hydrogen-bond donors (Lipinski definition) is 0. The Balaban J connectivity index is 0.981. The van der Waals surface area contributed by atoms with Crippen LogP contribution in [-0.4, -0.2) is 4.57 Å². The Hall–Kier alpha value is -7.62. The molecule has 0 unspecified atom stereocenters. The minimum absolute atomic E-state index is 0.883. The summed E-state index contributed by atoms with van der Waals surface area (Å²) in [5, 5.41) is 4.71. The van der Waals surface area contributed by atoms with Crippen molar-refractivity contribution in [2.75, 3.05) is 4.90 Å². The number of nitrogens with zero attached hydrogens (tertiary/aromatic N) is 2. The average molecular weight is 729 g/mol. The smallest absolute Gasteiger partial charge is 0.135 e. The Morgan fingerprint density at radius 3 is 1.46 bits per heavy atom. The molecule has 0 aliphatic carbocycles. The molecule has 9 aromatic carbocycles. The van der Waals surface area contributed by atoms with E-state index in [1.54, 1.807) is 0 Å². The van der Waals surface area contributed by atoms with E-state index in [1.807, 2.05) is 12.1 Å². The molecule has 0 N–H and O–H groups in total. The van der Waals surface area contributed by atoms with E-state index in [0.717, 1.165) is 44.7 Å². The van der Waals surface area contributed by atoms with Gasteiger partial charge in [0.15, 0.2) is 0 Å². The molecule has 268 valence electrons. The van der Waals surface area contributed by atoms with Crippen molar-refractivity contribution < 1.29 is 4.42 Å². The van der Waals surface area contributed by atoms with Gasteiger partial charge in [0.25, 0.3) is 0 Å². The molecule has 57 heavy (non-hydrogen) atoms. The number of aromatic nitrogens is 1. The zero-order valence-electron chi connectivity index (χ0n) is 31.1. The van der Waals surface area contributed by atoms with Gasteiger partial charge in [-0.25, -0.2) is 0 Å². The summed E-state index contributed by atoms with van der Waals surface area (Å²) in [6.07, 6.45) is 0. The molecule has 0 aliphatic rings. The van der Waals surface area contributed by atoms with Gasteiger partial charge in [-0.3, -0.25) is 0 Å². The van der Waals surface area contributed by atoms with Gasteiger partial charge in [0.05, 0.1) is 11.0 Å². The predicted molar refractivity (Wildman–Crippen MR) is 239 cm³/mol. The molecule has 0 atom stereocenters. The summed E-state index contributed by atoms with van der Waals surface area (Å²) < 4.78 is 8.59. The predicted octanol–water partition coefficient (Wildman–Crippen LogP) is 15.2. The first kappa shape index (κ1) is 32.8. The Morgan fingerprint density at radius 1 is 0.298 bits per heavy atom. The highest BCUT2D eigenvalue weighted by atomic mass is 16.3.